The smallest absolute Gasteiger partial charge is 0.486 e. The van der Waals surface area contributed by atoms with Crippen molar-refractivity contribution in [3.05, 3.63) is 41.7 Å². The Morgan fingerprint density at radius 2 is 1.66 bits per heavy atom. The van der Waals surface area contributed by atoms with Gasteiger partial charge in [0.25, 0.3) is 0 Å². The van der Waals surface area contributed by atoms with E-state index in [2.05, 4.69) is 41.9 Å². The second-order valence-electron chi connectivity index (χ2n) is 8.86. The fourth-order valence-corrected chi connectivity index (χ4v) is 4.39. The molecule has 0 amide bonds. The summed E-state index contributed by atoms with van der Waals surface area (Å²) in [5.41, 5.74) is 4.96. The van der Waals surface area contributed by atoms with Crippen molar-refractivity contribution in [1.82, 2.24) is 25.3 Å². The second kappa shape index (κ2) is 11.4. The van der Waals surface area contributed by atoms with E-state index in [1.54, 1.807) is 6.07 Å². The molecule has 1 N–H and O–H groups in total. The number of nitrogens with one attached hydrogen (secondary N) is 1. The van der Waals surface area contributed by atoms with Crippen molar-refractivity contribution in [2.75, 3.05) is 51.2 Å². The molecule has 4 rings (SSSR count). The number of aryl methyl sites for hydroxylation is 1. The lowest BCUT2D eigenvalue weighted by atomic mass is 10.1. The first-order chi connectivity index (χ1) is 16.8. The number of ether oxygens (including phenoxy) is 2. The molecule has 0 bridgehead atoms. The van der Waals surface area contributed by atoms with E-state index >= 15 is 0 Å². The summed E-state index contributed by atoms with van der Waals surface area (Å²) in [5, 5.41) is 2.11. The number of nitrogens with zero attached hydrogens (tertiary/aromatic N) is 5. The normalized spacial score (nSPS) is 18.6. The van der Waals surface area contributed by atoms with Crippen molar-refractivity contribution in [2.45, 2.75) is 45.2 Å². The zero-order chi connectivity index (χ0) is 24.8. The van der Waals surface area contributed by atoms with Gasteiger partial charge < -0.3 is 14.4 Å². The highest BCUT2D eigenvalue weighted by molar-refractivity contribution is 5.43. The number of hydrogen-bond donors (Lipinski definition) is 1. The quantitative estimate of drug-likeness (QED) is 0.600. The van der Waals surface area contributed by atoms with Crippen LogP contribution in [-0.2, 0) is 13.0 Å². The van der Waals surface area contributed by atoms with Gasteiger partial charge in [0.05, 0.1) is 0 Å². The molecule has 2 aromatic rings. The third-order valence-corrected chi connectivity index (χ3v) is 6.45. The molecule has 0 atom stereocenters. The van der Waals surface area contributed by atoms with E-state index in [1.807, 2.05) is 25.5 Å². The number of hydrogen-bond acceptors (Lipinski definition) is 8. The van der Waals surface area contributed by atoms with Crippen LogP contribution in [0.25, 0.3) is 0 Å². The molecule has 35 heavy (non-hydrogen) atoms. The van der Waals surface area contributed by atoms with Crippen LogP contribution in [0.4, 0.5) is 19.1 Å². The number of anilines is 1. The molecule has 0 radical (unpaired) electrons. The predicted molar refractivity (Wildman–Crippen MR) is 126 cm³/mol. The van der Waals surface area contributed by atoms with Crippen molar-refractivity contribution in [3.63, 3.8) is 0 Å². The largest absolute Gasteiger partial charge is 0.573 e. The molecule has 8 nitrogen and oxygen atoms in total. The maximum Gasteiger partial charge on any atom is 0.573 e. The average molecular weight is 495 g/mol. The van der Waals surface area contributed by atoms with Crippen LogP contribution in [0.15, 0.2) is 30.6 Å². The Hall–Kier alpha value is -2.63. The molecule has 2 aliphatic heterocycles. The zero-order valence-electron chi connectivity index (χ0n) is 20.2. The minimum absolute atomic E-state index is 0.119. The Morgan fingerprint density at radius 3 is 2.26 bits per heavy atom. The van der Waals surface area contributed by atoms with Gasteiger partial charge in [0.15, 0.2) is 11.5 Å². The van der Waals surface area contributed by atoms with Crippen molar-refractivity contribution >= 4 is 5.95 Å². The molecule has 2 saturated heterocycles. The highest BCUT2D eigenvalue weighted by Gasteiger charge is 2.33. The molecular weight excluding hydrogens is 461 g/mol. The number of hydrazine groups is 1. The maximum atomic E-state index is 13.1. The third kappa shape index (κ3) is 7.18. The van der Waals surface area contributed by atoms with Gasteiger partial charge in [-0.05, 0) is 36.7 Å². The summed E-state index contributed by atoms with van der Waals surface area (Å²) in [6, 6.07) is 4.87. The highest BCUT2D eigenvalue weighted by atomic mass is 19.4. The van der Waals surface area contributed by atoms with Crippen LogP contribution in [0.5, 0.6) is 11.5 Å². The molecule has 0 saturated carbocycles. The summed E-state index contributed by atoms with van der Waals surface area (Å²) in [6.45, 7) is 7.32. The van der Waals surface area contributed by atoms with Gasteiger partial charge in [0.2, 0.25) is 5.95 Å². The molecule has 0 aliphatic carbocycles. The summed E-state index contributed by atoms with van der Waals surface area (Å²) in [6.07, 6.45) is 0.841. The minimum Gasteiger partial charge on any atom is -0.486 e. The van der Waals surface area contributed by atoms with Crippen LogP contribution in [0, 0.1) is 0 Å². The zero-order valence-corrected chi connectivity index (χ0v) is 20.2. The Kier molecular flexibility index (Phi) is 8.30. The van der Waals surface area contributed by atoms with E-state index in [9.17, 15) is 13.2 Å². The molecule has 0 spiro atoms. The van der Waals surface area contributed by atoms with Crippen LogP contribution < -0.4 is 19.8 Å². The van der Waals surface area contributed by atoms with Crippen LogP contribution in [0.1, 0.15) is 30.9 Å². The summed E-state index contributed by atoms with van der Waals surface area (Å²) in [4.78, 5) is 13.1. The highest BCUT2D eigenvalue weighted by Crippen LogP contribution is 2.35. The van der Waals surface area contributed by atoms with E-state index in [1.165, 1.54) is 6.07 Å². The van der Waals surface area contributed by atoms with Gasteiger partial charge in [0, 0.05) is 71.0 Å². The standard InChI is InChI=1S/C24H33F3N6O2/c1-3-18-15-29-23(30-16-18)32-8-6-20(7-9-32)34-21-5-4-19(14-22(21)35-24(25,26)27)17-31-10-12-33(28-2)13-11-31/h4-5,14-16,20,28H,3,6-13,17H2,1-2H3. The van der Waals surface area contributed by atoms with E-state index in [-0.39, 0.29) is 17.6 Å². The Balaban J connectivity index is 1.38. The van der Waals surface area contributed by atoms with Crippen molar-refractivity contribution in [2.24, 2.45) is 0 Å². The van der Waals surface area contributed by atoms with Gasteiger partial charge in [-0.2, -0.15) is 0 Å². The van der Waals surface area contributed by atoms with Crippen LogP contribution in [0.2, 0.25) is 0 Å². The van der Waals surface area contributed by atoms with Crippen molar-refractivity contribution in [3.8, 4) is 11.5 Å². The number of benzene rings is 1. The number of piperazine rings is 1. The minimum atomic E-state index is -4.79. The fourth-order valence-electron chi connectivity index (χ4n) is 4.39. The molecular formula is C24H33F3N6O2. The van der Waals surface area contributed by atoms with E-state index in [0.717, 1.165) is 43.7 Å². The Morgan fingerprint density at radius 1 is 0.971 bits per heavy atom. The first-order valence-electron chi connectivity index (χ1n) is 12.1. The van der Waals surface area contributed by atoms with Gasteiger partial charge in [-0.3, -0.25) is 10.3 Å². The molecule has 3 heterocycles. The SMILES string of the molecule is CCc1cnc(N2CCC(Oc3ccc(CN4CCN(NC)CC4)cc3OC(F)(F)F)CC2)nc1. The van der Waals surface area contributed by atoms with Gasteiger partial charge in [-0.25, -0.2) is 15.0 Å². The lowest BCUT2D eigenvalue weighted by Gasteiger charge is -2.34. The van der Waals surface area contributed by atoms with Crippen LogP contribution in [-0.4, -0.2) is 78.7 Å². The number of alkyl halides is 3. The molecule has 2 aliphatic rings. The number of aromatic nitrogens is 2. The van der Waals surface area contributed by atoms with E-state index < -0.39 is 6.36 Å². The number of halogens is 3. The van der Waals surface area contributed by atoms with Gasteiger partial charge in [0.1, 0.15) is 6.10 Å². The summed E-state index contributed by atoms with van der Waals surface area (Å²) >= 11 is 0. The van der Waals surface area contributed by atoms with E-state index in [4.69, 9.17) is 4.74 Å². The molecule has 1 aromatic heterocycles. The van der Waals surface area contributed by atoms with Gasteiger partial charge in [-0.15, -0.1) is 13.2 Å². The van der Waals surface area contributed by atoms with Crippen molar-refractivity contribution in [1.29, 1.82) is 0 Å². The van der Waals surface area contributed by atoms with Gasteiger partial charge >= 0.3 is 6.36 Å². The van der Waals surface area contributed by atoms with Crippen LogP contribution in [0.3, 0.4) is 0 Å². The summed E-state index contributed by atoms with van der Waals surface area (Å²) < 4.78 is 49.8. The molecule has 1 aromatic carbocycles. The molecule has 2 fully saturated rings. The lowest BCUT2D eigenvalue weighted by molar-refractivity contribution is -0.275. The Labute approximate surface area is 204 Å². The summed E-state index contributed by atoms with van der Waals surface area (Å²) in [7, 11) is 1.89. The molecule has 11 heteroatoms. The maximum absolute atomic E-state index is 13.1. The first-order valence-corrected chi connectivity index (χ1v) is 12.1. The number of rotatable bonds is 8. The number of piperidine rings is 1. The predicted octanol–water partition coefficient (Wildman–Crippen LogP) is 3.24. The first kappa shape index (κ1) is 25.5. The monoisotopic (exact) mass is 494 g/mol. The van der Waals surface area contributed by atoms with Gasteiger partial charge in [-0.1, -0.05) is 13.0 Å². The molecule has 192 valence electrons. The lowest BCUT2D eigenvalue weighted by Crippen LogP contribution is -2.50. The van der Waals surface area contributed by atoms with Crippen LogP contribution >= 0.6 is 0 Å². The Bertz CT molecular complexity index is 943. The topological polar surface area (TPSA) is 66.0 Å². The summed E-state index contributed by atoms with van der Waals surface area (Å²) in [5.74, 6) is 0.500. The fraction of sp³-hybridized carbons (Fsp3) is 0.583. The van der Waals surface area contributed by atoms with E-state index in [0.29, 0.717) is 38.4 Å². The average Bonchev–Trinajstić information content (AvgIpc) is 2.86. The van der Waals surface area contributed by atoms with Crippen molar-refractivity contribution < 1.29 is 22.6 Å². The molecule has 0 unspecified atom stereocenters. The third-order valence-electron chi connectivity index (χ3n) is 6.45. The second-order valence-corrected chi connectivity index (χ2v) is 8.86.